The van der Waals surface area contributed by atoms with Crippen molar-refractivity contribution in [1.82, 2.24) is 9.47 Å². The Kier molecular flexibility index (Phi) is 4.57. The Morgan fingerprint density at radius 2 is 2.09 bits per heavy atom. The van der Waals surface area contributed by atoms with Crippen molar-refractivity contribution < 1.29 is 14.2 Å². The minimum atomic E-state index is -0.477. The van der Waals surface area contributed by atoms with Crippen molar-refractivity contribution in [1.29, 1.82) is 0 Å². The predicted molar refractivity (Wildman–Crippen MR) is 90.1 cm³/mol. The zero-order chi connectivity index (χ0) is 16.8. The minimum Gasteiger partial charge on any atom is -0.491 e. The summed E-state index contributed by atoms with van der Waals surface area (Å²) < 4.78 is 19.9. The molecule has 2 aliphatic rings. The molecule has 1 fully saturated rings. The largest absolute Gasteiger partial charge is 0.491 e. The fourth-order valence-corrected chi connectivity index (χ4v) is 4.64. The van der Waals surface area contributed by atoms with Gasteiger partial charge >= 0.3 is 0 Å². The first-order chi connectivity index (χ1) is 11.0. The van der Waals surface area contributed by atoms with Crippen molar-refractivity contribution in [2.24, 2.45) is 0 Å². The van der Waals surface area contributed by atoms with Crippen molar-refractivity contribution in [2.75, 3.05) is 34.9 Å². The van der Waals surface area contributed by atoms with Crippen LogP contribution < -0.4 is 10.2 Å². The number of pyridine rings is 1. The van der Waals surface area contributed by atoms with E-state index < -0.39 is 5.60 Å². The third-order valence-corrected chi connectivity index (χ3v) is 5.86. The Bertz CT molecular complexity index is 662. The summed E-state index contributed by atoms with van der Waals surface area (Å²) in [6, 6.07) is 0.179. The fraction of sp³-hybridized carbons (Fsp3) is 0.688. The highest BCUT2D eigenvalue weighted by atomic mass is 79.9. The standard InChI is InChI=1S/C16H23BrN2O4/c1-18-7-5-6-16(23-4)11(18)9-19-8-10(17)13(20)14(21-2)12(19)15(16)22-3/h8,11,15H,5-7,9H2,1-4H3/t11-,15?,16+/m0/s1. The van der Waals surface area contributed by atoms with E-state index in [1.807, 2.05) is 6.20 Å². The molecule has 0 saturated carbocycles. The quantitative estimate of drug-likeness (QED) is 0.792. The van der Waals surface area contributed by atoms with Crippen molar-refractivity contribution in [3.05, 3.63) is 26.6 Å². The van der Waals surface area contributed by atoms with Crippen LogP contribution in [0.4, 0.5) is 0 Å². The van der Waals surface area contributed by atoms with Crippen molar-refractivity contribution in [2.45, 2.75) is 37.1 Å². The average Bonchev–Trinajstić information content (AvgIpc) is 2.55. The number of piperidine rings is 1. The number of hydrogen-bond donors (Lipinski definition) is 0. The van der Waals surface area contributed by atoms with Gasteiger partial charge in [0.1, 0.15) is 11.7 Å². The van der Waals surface area contributed by atoms with E-state index in [1.54, 1.807) is 14.2 Å². The number of hydrogen-bond acceptors (Lipinski definition) is 5. The molecule has 1 aromatic rings. The fourth-order valence-electron chi connectivity index (χ4n) is 4.21. The van der Waals surface area contributed by atoms with Crippen molar-refractivity contribution >= 4 is 15.9 Å². The molecule has 3 heterocycles. The number of likely N-dealkylation sites (tertiary alicyclic amines) is 1. The summed E-state index contributed by atoms with van der Waals surface area (Å²) in [5.74, 6) is 0.328. The number of fused-ring (bicyclic) bond motifs is 2. The Hall–Kier alpha value is -0.890. The Morgan fingerprint density at radius 3 is 2.70 bits per heavy atom. The van der Waals surface area contributed by atoms with Crippen molar-refractivity contribution in [3.63, 3.8) is 0 Å². The lowest BCUT2D eigenvalue weighted by molar-refractivity contribution is -0.193. The van der Waals surface area contributed by atoms with Gasteiger partial charge in [0, 0.05) is 27.0 Å². The molecule has 1 unspecified atom stereocenters. The van der Waals surface area contributed by atoms with Gasteiger partial charge in [0.25, 0.3) is 0 Å². The number of rotatable bonds is 3. The van der Waals surface area contributed by atoms with E-state index >= 15 is 0 Å². The smallest absolute Gasteiger partial charge is 0.237 e. The summed E-state index contributed by atoms with van der Waals surface area (Å²) in [6.45, 7) is 1.76. The van der Waals surface area contributed by atoms with Gasteiger partial charge in [0.2, 0.25) is 5.43 Å². The second-order valence-corrected chi connectivity index (χ2v) is 7.11. The highest BCUT2D eigenvalue weighted by Gasteiger charge is 2.55. The predicted octanol–water partition coefficient (Wildman–Crippen LogP) is 1.80. The van der Waals surface area contributed by atoms with Crippen LogP contribution in [-0.4, -0.2) is 56.0 Å². The maximum absolute atomic E-state index is 12.5. The van der Waals surface area contributed by atoms with E-state index in [1.165, 1.54) is 7.11 Å². The molecule has 3 atom stereocenters. The molecule has 0 radical (unpaired) electrons. The van der Waals surface area contributed by atoms with Crippen LogP contribution in [0.5, 0.6) is 5.75 Å². The van der Waals surface area contributed by atoms with E-state index in [9.17, 15) is 4.79 Å². The Morgan fingerprint density at radius 1 is 1.35 bits per heavy atom. The summed E-state index contributed by atoms with van der Waals surface area (Å²) in [5, 5.41) is 0. The van der Waals surface area contributed by atoms with E-state index in [2.05, 4.69) is 32.4 Å². The molecule has 0 spiro atoms. The van der Waals surface area contributed by atoms with Crippen molar-refractivity contribution in [3.8, 4) is 5.75 Å². The third-order valence-electron chi connectivity index (χ3n) is 5.29. The second-order valence-electron chi connectivity index (χ2n) is 6.25. The van der Waals surface area contributed by atoms with Crippen LogP contribution in [0.25, 0.3) is 0 Å². The maximum atomic E-state index is 12.5. The first-order valence-corrected chi connectivity index (χ1v) is 8.54. The minimum absolute atomic E-state index is 0.158. The summed E-state index contributed by atoms with van der Waals surface area (Å²) in [6.07, 6.45) is 3.40. The third kappa shape index (κ3) is 2.36. The highest BCUT2D eigenvalue weighted by molar-refractivity contribution is 9.10. The first-order valence-electron chi connectivity index (χ1n) is 7.75. The van der Waals surface area contributed by atoms with Gasteiger partial charge in [-0.3, -0.25) is 9.69 Å². The van der Waals surface area contributed by atoms with E-state index in [0.29, 0.717) is 10.2 Å². The van der Waals surface area contributed by atoms with Crippen LogP contribution in [0, 0.1) is 0 Å². The molecule has 23 heavy (non-hydrogen) atoms. The molecule has 128 valence electrons. The number of likely N-dealkylation sites (N-methyl/N-ethyl adjacent to an activating group) is 1. The van der Waals surface area contributed by atoms with Crippen LogP contribution in [0.3, 0.4) is 0 Å². The van der Waals surface area contributed by atoms with Crippen LogP contribution in [-0.2, 0) is 16.0 Å². The van der Waals surface area contributed by atoms with Gasteiger partial charge in [-0.1, -0.05) is 0 Å². The lowest BCUT2D eigenvalue weighted by Crippen LogP contribution is -2.64. The van der Waals surface area contributed by atoms with Gasteiger partial charge in [-0.15, -0.1) is 0 Å². The summed E-state index contributed by atoms with van der Waals surface area (Å²) in [7, 11) is 7.04. The van der Waals surface area contributed by atoms with Gasteiger partial charge in [-0.25, -0.2) is 0 Å². The molecule has 0 aromatic carbocycles. The molecule has 0 amide bonds. The first kappa shape index (κ1) is 17.0. The molecule has 3 rings (SSSR count). The Labute approximate surface area is 144 Å². The lowest BCUT2D eigenvalue weighted by atomic mass is 9.75. The molecule has 0 aliphatic carbocycles. The van der Waals surface area contributed by atoms with Gasteiger partial charge in [0.15, 0.2) is 5.75 Å². The molecular formula is C16H23BrN2O4. The van der Waals surface area contributed by atoms with Gasteiger partial charge in [-0.2, -0.15) is 0 Å². The molecule has 6 nitrogen and oxygen atoms in total. The van der Waals surface area contributed by atoms with E-state index in [-0.39, 0.29) is 17.6 Å². The van der Waals surface area contributed by atoms with Crippen LogP contribution in [0.15, 0.2) is 15.5 Å². The molecule has 2 aliphatic heterocycles. The van der Waals surface area contributed by atoms with Gasteiger partial charge in [-0.05, 0) is 42.4 Å². The molecule has 1 saturated heterocycles. The highest BCUT2D eigenvalue weighted by Crippen LogP contribution is 2.48. The maximum Gasteiger partial charge on any atom is 0.237 e. The molecule has 0 bridgehead atoms. The lowest BCUT2D eigenvalue weighted by Gasteiger charge is -2.54. The molecule has 0 N–H and O–H groups in total. The Balaban J connectivity index is 2.26. The summed E-state index contributed by atoms with van der Waals surface area (Å²) in [5.41, 5.74) is 0.126. The number of nitrogens with zero attached hydrogens (tertiary/aromatic N) is 2. The molecule has 1 aromatic heterocycles. The number of methoxy groups -OCH3 is 3. The summed E-state index contributed by atoms with van der Waals surface area (Å²) >= 11 is 3.34. The molecule has 7 heteroatoms. The van der Waals surface area contributed by atoms with E-state index in [0.717, 1.165) is 31.6 Å². The topological polar surface area (TPSA) is 52.9 Å². The number of aromatic nitrogens is 1. The van der Waals surface area contributed by atoms with Crippen LogP contribution in [0.2, 0.25) is 0 Å². The SMILES string of the molecule is COc1c2n(cc(Br)c1=O)C[C@@H]1N(C)CCC[C@]1(OC)C2OC. The zero-order valence-electron chi connectivity index (χ0n) is 14.0. The van der Waals surface area contributed by atoms with E-state index in [4.69, 9.17) is 14.2 Å². The van der Waals surface area contributed by atoms with Crippen LogP contribution >= 0.6 is 15.9 Å². The molecular weight excluding hydrogens is 364 g/mol. The van der Waals surface area contributed by atoms with Crippen LogP contribution in [0.1, 0.15) is 24.6 Å². The zero-order valence-corrected chi connectivity index (χ0v) is 15.6. The van der Waals surface area contributed by atoms with Gasteiger partial charge in [0.05, 0.1) is 23.3 Å². The monoisotopic (exact) mass is 386 g/mol. The second kappa shape index (κ2) is 6.20. The summed E-state index contributed by atoms with van der Waals surface area (Å²) in [4.78, 5) is 14.8. The number of ether oxygens (including phenoxy) is 3. The van der Waals surface area contributed by atoms with Gasteiger partial charge < -0.3 is 18.8 Å². The normalized spacial score (nSPS) is 30.7. The average molecular weight is 387 g/mol. The number of halogens is 1.